The van der Waals surface area contributed by atoms with E-state index in [1.807, 2.05) is 54.6 Å². The van der Waals surface area contributed by atoms with Crippen LogP contribution in [-0.2, 0) is 5.75 Å². The van der Waals surface area contributed by atoms with Crippen LogP contribution in [0.5, 0.6) is 11.5 Å². The number of ether oxygens (including phenoxy) is 2. The van der Waals surface area contributed by atoms with Gasteiger partial charge in [-0.3, -0.25) is 0 Å². The van der Waals surface area contributed by atoms with E-state index in [1.165, 1.54) is 0 Å². The highest BCUT2D eigenvalue weighted by atomic mass is 32.2. The minimum Gasteiger partial charge on any atom is -0.497 e. The lowest BCUT2D eigenvalue weighted by Gasteiger charge is -2.07. The predicted octanol–water partition coefficient (Wildman–Crippen LogP) is 3.37. The van der Waals surface area contributed by atoms with Gasteiger partial charge < -0.3 is 9.47 Å². The van der Waals surface area contributed by atoms with Gasteiger partial charge in [0.1, 0.15) is 11.5 Å². The Morgan fingerprint density at radius 2 is 1.76 bits per heavy atom. The molecule has 0 spiro atoms. The minimum atomic E-state index is 0.683. The van der Waals surface area contributed by atoms with Crippen molar-refractivity contribution in [2.75, 3.05) is 19.5 Å². The van der Waals surface area contributed by atoms with E-state index in [9.17, 15) is 0 Å². The molecule has 2 aromatic carbocycles. The molecule has 0 radical (unpaired) electrons. The maximum absolute atomic E-state index is 5.72. The predicted molar refractivity (Wildman–Crippen MR) is 98.4 cm³/mol. The van der Waals surface area contributed by atoms with Crippen LogP contribution in [0.4, 0.5) is 0 Å². The van der Waals surface area contributed by atoms with Crippen LogP contribution in [0.3, 0.4) is 0 Å². The molecular weight excluding hydrogens is 336 g/mol. The lowest BCUT2D eigenvalue weighted by molar-refractivity contribution is 0.318. The summed E-state index contributed by atoms with van der Waals surface area (Å²) in [6.07, 6.45) is 0.962. The topological polar surface area (TPSA) is 62.1 Å². The van der Waals surface area contributed by atoms with Crippen molar-refractivity contribution in [1.29, 1.82) is 0 Å². The number of para-hydroxylation sites is 1. The normalized spacial score (nSPS) is 10.6. The van der Waals surface area contributed by atoms with E-state index in [4.69, 9.17) is 9.47 Å². The molecule has 0 atom stereocenters. The van der Waals surface area contributed by atoms with Crippen molar-refractivity contribution in [3.63, 3.8) is 0 Å². The van der Waals surface area contributed by atoms with Crippen LogP contribution in [0, 0.1) is 0 Å². The number of benzene rings is 2. The molecule has 0 saturated carbocycles. The van der Waals surface area contributed by atoms with Crippen LogP contribution in [0.1, 0.15) is 12.2 Å². The van der Waals surface area contributed by atoms with Crippen LogP contribution in [-0.4, -0.2) is 39.7 Å². The van der Waals surface area contributed by atoms with Crippen LogP contribution in [0.2, 0.25) is 0 Å². The molecule has 0 aliphatic heterocycles. The van der Waals surface area contributed by atoms with Gasteiger partial charge in [0.2, 0.25) is 0 Å². The van der Waals surface area contributed by atoms with Crippen molar-refractivity contribution in [2.24, 2.45) is 0 Å². The van der Waals surface area contributed by atoms with Crippen molar-refractivity contribution in [3.8, 4) is 17.2 Å². The second-order valence-electron chi connectivity index (χ2n) is 5.27. The summed E-state index contributed by atoms with van der Waals surface area (Å²) >= 11 is 1.80. The average Bonchev–Trinajstić information content (AvgIpc) is 3.14. The number of hydrogen-bond donors (Lipinski definition) is 0. The van der Waals surface area contributed by atoms with E-state index >= 15 is 0 Å². The Morgan fingerprint density at radius 1 is 1.00 bits per heavy atom. The Kier molecular flexibility index (Phi) is 6.28. The van der Waals surface area contributed by atoms with Gasteiger partial charge in [-0.2, -0.15) is 16.4 Å². The number of aromatic nitrogens is 4. The number of nitrogens with zero attached hydrogens (tertiary/aromatic N) is 4. The molecule has 0 aliphatic rings. The fourth-order valence-electron chi connectivity index (χ4n) is 2.25. The molecule has 0 saturated heterocycles. The van der Waals surface area contributed by atoms with Crippen molar-refractivity contribution < 1.29 is 9.47 Å². The van der Waals surface area contributed by atoms with Gasteiger partial charge in [0.05, 0.1) is 25.2 Å². The maximum Gasteiger partial charge on any atom is 0.166 e. The summed E-state index contributed by atoms with van der Waals surface area (Å²) in [6, 6.07) is 17.5. The Morgan fingerprint density at radius 3 is 2.52 bits per heavy atom. The SMILES string of the molecule is COc1ccc(OCCCSCc2nnnn2-c2ccccc2)cc1. The summed E-state index contributed by atoms with van der Waals surface area (Å²) in [7, 11) is 1.65. The Balaban J connectivity index is 1.38. The first kappa shape index (κ1) is 17.3. The first-order chi connectivity index (χ1) is 12.4. The van der Waals surface area contributed by atoms with E-state index < -0.39 is 0 Å². The standard InChI is InChI=1S/C18H20N4O2S/c1-23-16-8-10-17(11-9-16)24-12-5-13-25-14-18-19-20-21-22(18)15-6-3-2-4-7-15/h2-4,6-11H,5,12-14H2,1H3. The van der Waals surface area contributed by atoms with Gasteiger partial charge >= 0.3 is 0 Å². The number of tetrazole rings is 1. The molecule has 0 N–H and O–H groups in total. The summed E-state index contributed by atoms with van der Waals surface area (Å²) in [5, 5.41) is 12.0. The molecule has 3 rings (SSSR count). The first-order valence-electron chi connectivity index (χ1n) is 8.04. The van der Waals surface area contributed by atoms with Gasteiger partial charge in [0, 0.05) is 0 Å². The van der Waals surface area contributed by atoms with Gasteiger partial charge in [0.25, 0.3) is 0 Å². The molecule has 7 heteroatoms. The number of thioether (sulfide) groups is 1. The van der Waals surface area contributed by atoms with Crippen molar-refractivity contribution in [3.05, 3.63) is 60.4 Å². The van der Waals surface area contributed by atoms with E-state index in [1.54, 1.807) is 23.6 Å². The van der Waals surface area contributed by atoms with Gasteiger partial charge in [-0.15, -0.1) is 5.10 Å². The Hall–Kier alpha value is -2.54. The Labute approximate surface area is 151 Å². The number of rotatable bonds is 9. The molecular formula is C18H20N4O2S. The molecule has 0 amide bonds. The zero-order chi connectivity index (χ0) is 17.3. The summed E-state index contributed by atoms with van der Waals surface area (Å²) in [6.45, 7) is 0.683. The summed E-state index contributed by atoms with van der Waals surface area (Å²) < 4.78 is 12.6. The molecule has 0 aliphatic carbocycles. The molecule has 130 valence electrons. The minimum absolute atomic E-state index is 0.683. The van der Waals surface area contributed by atoms with Crippen LogP contribution in [0.25, 0.3) is 5.69 Å². The van der Waals surface area contributed by atoms with Gasteiger partial charge in [0.15, 0.2) is 5.82 Å². The van der Waals surface area contributed by atoms with Crippen LogP contribution >= 0.6 is 11.8 Å². The smallest absolute Gasteiger partial charge is 0.166 e. The first-order valence-corrected chi connectivity index (χ1v) is 9.19. The molecule has 6 nitrogen and oxygen atoms in total. The van der Waals surface area contributed by atoms with Crippen molar-refractivity contribution >= 4 is 11.8 Å². The van der Waals surface area contributed by atoms with Gasteiger partial charge in [-0.1, -0.05) is 18.2 Å². The summed E-state index contributed by atoms with van der Waals surface area (Å²) in [4.78, 5) is 0. The Bertz CT molecular complexity index is 762. The largest absolute Gasteiger partial charge is 0.497 e. The monoisotopic (exact) mass is 356 g/mol. The van der Waals surface area contributed by atoms with E-state index in [0.717, 1.165) is 40.9 Å². The fourth-order valence-corrected chi connectivity index (χ4v) is 3.08. The molecule has 3 aromatic rings. The zero-order valence-corrected chi connectivity index (χ0v) is 14.9. The van der Waals surface area contributed by atoms with E-state index in [0.29, 0.717) is 6.61 Å². The highest BCUT2D eigenvalue weighted by Gasteiger charge is 2.07. The summed E-state index contributed by atoms with van der Waals surface area (Å²) in [5.74, 6) is 4.30. The fraction of sp³-hybridized carbons (Fsp3) is 0.278. The number of hydrogen-bond acceptors (Lipinski definition) is 6. The number of methoxy groups -OCH3 is 1. The second kappa shape index (κ2) is 9.08. The zero-order valence-electron chi connectivity index (χ0n) is 14.0. The molecule has 1 aromatic heterocycles. The molecule has 0 bridgehead atoms. The highest BCUT2D eigenvalue weighted by molar-refractivity contribution is 7.98. The molecule has 25 heavy (non-hydrogen) atoms. The third-order valence-electron chi connectivity index (χ3n) is 3.53. The summed E-state index contributed by atoms with van der Waals surface area (Å²) in [5.41, 5.74) is 0.978. The third kappa shape index (κ3) is 4.96. The molecule has 1 heterocycles. The highest BCUT2D eigenvalue weighted by Crippen LogP contribution is 2.18. The maximum atomic E-state index is 5.72. The van der Waals surface area contributed by atoms with Crippen molar-refractivity contribution in [2.45, 2.75) is 12.2 Å². The molecule has 0 unspecified atom stereocenters. The quantitative estimate of drug-likeness (QED) is 0.548. The van der Waals surface area contributed by atoms with Crippen LogP contribution < -0.4 is 9.47 Å². The lowest BCUT2D eigenvalue weighted by atomic mass is 10.3. The third-order valence-corrected chi connectivity index (χ3v) is 4.57. The second-order valence-corrected chi connectivity index (χ2v) is 6.38. The van der Waals surface area contributed by atoms with Gasteiger partial charge in [-0.25, -0.2) is 0 Å². The lowest BCUT2D eigenvalue weighted by Crippen LogP contribution is -2.03. The molecule has 0 fully saturated rings. The van der Waals surface area contributed by atoms with Crippen molar-refractivity contribution in [1.82, 2.24) is 20.2 Å². The average molecular weight is 356 g/mol. The van der Waals surface area contributed by atoms with Crippen LogP contribution in [0.15, 0.2) is 54.6 Å². The van der Waals surface area contributed by atoms with Gasteiger partial charge in [-0.05, 0) is 59.0 Å². The van der Waals surface area contributed by atoms with E-state index in [-0.39, 0.29) is 0 Å². The van der Waals surface area contributed by atoms with E-state index in [2.05, 4.69) is 15.5 Å².